The van der Waals surface area contributed by atoms with E-state index in [0.29, 0.717) is 0 Å². The summed E-state index contributed by atoms with van der Waals surface area (Å²) in [6, 6.07) is 10.8. The topological polar surface area (TPSA) is 37.8 Å². The highest BCUT2D eigenvalue weighted by atomic mass is 15.0. The Balaban J connectivity index is 1.84. The molecule has 0 radical (unpaired) electrons. The van der Waals surface area contributed by atoms with Crippen LogP contribution in [0.4, 0.5) is 5.82 Å². The monoisotopic (exact) mass is 241 g/mol. The molecule has 18 heavy (non-hydrogen) atoms. The van der Waals surface area contributed by atoms with E-state index >= 15 is 0 Å². The molecular formula is C15H19N3. The van der Waals surface area contributed by atoms with Crippen LogP contribution in [0.5, 0.6) is 0 Å². The van der Waals surface area contributed by atoms with Crippen molar-refractivity contribution in [3.05, 3.63) is 53.5 Å². The molecule has 1 N–H and O–H groups in total. The first-order valence-electron chi connectivity index (χ1n) is 6.38. The molecule has 2 rings (SSSR count). The summed E-state index contributed by atoms with van der Waals surface area (Å²) < 4.78 is 0. The fourth-order valence-electron chi connectivity index (χ4n) is 1.83. The van der Waals surface area contributed by atoms with Gasteiger partial charge >= 0.3 is 0 Å². The lowest BCUT2D eigenvalue weighted by atomic mass is 10.1. The zero-order valence-corrected chi connectivity index (χ0v) is 11.0. The van der Waals surface area contributed by atoms with Crippen LogP contribution in [-0.2, 0) is 12.8 Å². The van der Waals surface area contributed by atoms with Crippen molar-refractivity contribution in [1.29, 1.82) is 0 Å². The maximum absolute atomic E-state index is 4.18. The Kier molecular flexibility index (Phi) is 4.29. The van der Waals surface area contributed by atoms with Crippen LogP contribution in [0.1, 0.15) is 23.7 Å². The highest BCUT2D eigenvalue weighted by Crippen LogP contribution is 2.07. The van der Waals surface area contributed by atoms with Crippen molar-refractivity contribution < 1.29 is 0 Å². The number of nitrogens with one attached hydrogen (secondary N) is 1. The molecule has 0 fully saturated rings. The van der Waals surface area contributed by atoms with E-state index in [1.54, 1.807) is 6.33 Å². The minimum atomic E-state index is 0.891. The van der Waals surface area contributed by atoms with E-state index in [1.165, 1.54) is 11.1 Å². The quantitative estimate of drug-likeness (QED) is 0.874. The molecule has 0 saturated carbocycles. The summed E-state index contributed by atoms with van der Waals surface area (Å²) in [5.41, 5.74) is 3.73. The summed E-state index contributed by atoms with van der Waals surface area (Å²) in [4.78, 5) is 8.25. The van der Waals surface area contributed by atoms with Gasteiger partial charge in [-0.1, -0.05) is 31.2 Å². The fourth-order valence-corrected chi connectivity index (χ4v) is 1.83. The molecule has 0 aliphatic rings. The molecule has 0 spiro atoms. The summed E-state index contributed by atoms with van der Waals surface area (Å²) in [5.74, 6) is 0.896. The van der Waals surface area contributed by atoms with Crippen molar-refractivity contribution in [2.45, 2.75) is 26.7 Å². The summed E-state index contributed by atoms with van der Waals surface area (Å²) >= 11 is 0. The van der Waals surface area contributed by atoms with Gasteiger partial charge in [0.05, 0.1) is 0 Å². The molecule has 0 unspecified atom stereocenters. The number of aromatic nitrogens is 2. The highest BCUT2D eigenvalue weighted by Gasteiger charge is 1.96. The predicted octanol–water partition coefficient (Wildman–Crippen LogP) is 3.00. The van der Waals surface area contributed by atoms with Gasteiger partial charge in [0, 0.05) is 18.3 Å². The molecule has 94 valence electrons. The van der Waals surface area contributed by atoms with E-state index < -0.39 is 0 Å². The molecule has 0 bridgehead atoms. The Morgan fingerprint density at radius 2 is 1.78 bits per heavy atom. The largest absolute Gasteiger partial charge is 0.370 e. The van der Waals surface area contributed by atoms with Crippen LogP contribution >= 0.6 is 0 Å². The second kappa shape index (κ2) is 6.15. The van der Waals surface area contributed by atoms with Crippen LogP contribution in [-0.4, -0.2) is 16.5 Å². The second-order valence-electron chi connectivity index (χ2n) is 4.39. The average molecular weight is 241 g/mol. The van der Waals surface area contributed by atoms with Gasteiger partial charge in [-0.05, 0) is 30.9 Å². The van der Waals surface area contributed by atoms with Crippen molar-refractivity contribution in [3.63, 3.8) is 0 Å². The fraction of sp³-hybridized carbons (Fsp3) is 0.333. The Labute approximate surface area is 108 Å². The maximum Gasteiger partial charge on any atom is 0.129 e. The lowest BCUT2D eigenvalue weighted by Crippen LogP contribution is -2.06. The van der Waals surface area contributed by atoms with Crippen LogP contribution in [0.15, 0.2) is 36.7 Å². The normalized spacial score (nSPS) is 10.3. The molecular weight excluding hydrogens is 222 g/mol. The maximum atomic E-state index is 4.18. The summed E-state index contributed by atoms with van der Waals surface area (Å²) in [7, 11) is 0. The van der Waals surface area contributed by atoms with E-state index in [9.17, 15) is 0 Å². The third kappa shape index (κ3) is 3.55. The van der Waals surface area contributed by atoms with Gasteiger partial charge in [0.1, 0.15) is 12.1 Å². The number of hydrogen-bond acceptors (Lipinski definition) is 3. The molecule has 0 amide bonds. The summed E-state index contributed by atoms with van der Waals surface area (Å²) in [6.07, 6.45) is 3.69. The van der Waals surface area contributed by atoms with Crippen molar-refractivity contribution in [2.75, 3.05) is 11.9 Å². The van der Waals surface area contributed by atoms with E-state index in [0.717, 1.165) is 30.9 Å². The molecule has 1 aromatic carbocycles. The van der Waals surface area contributed by atoms with Crippen molar-refractivity contribution in [3.8, 4) is 0 Å². The van der Waals surface area contributed by atoms with Crippen LogP contribution in [0.2, 0.25) is 0 Å². The van der Waals surface area contributed by atoms with E-state index in [4.69, 9.17) is 0 Å². The lowest BCUT2D eigenvalue weighted by Gasteiger charge is -2.06. The number of aryl methyl sites for hydroxylation is 2. The van der Waals surface area contributed by atoms with Gasteiger partial charge in [-0.25, -0.2) is 9.97 Å². The number of hydrogen-bond donors (Lipinski definition) is 1. The second-order valence-corrected chi connectivity index (χ2v) is 4.39. The molecule has 3 heteroatoms. The zero-order chi connectivity index (χ0) is 12.8. The van der Waals surface area contributed by atoms with Crippen molar-refractivity contribution in [1.82, 2.24) is 9.97 Å². The first kappa shape index (κ1) is 12.6. The molecule has 1 heterocycles. The minimum Gasteiger partial charge on any atom is -0.370 e. The zero-order valence-electron chi connectivity index (χ0n) is 11.0. The summed E-state index contributed by atoms with van der Waals surface area (Å²) in [6.45, 7) is 5.03. The molecule has 2 aromatic rings. The van der Waals surface area contributed by atoms with Crippen molar-refractivity contribution in [2.24, 2.45) is 0 Å². The van der Waals surface area contributed by atoms with Gasteiger partial charge in [-0.15, -0.1) is 0 Å². The standard InChI is InChI=1S/C15H19N3/c1-3-13-4-6-14(7-5-13)8-9-16-15-10-12(2)17-11-18-15/h4-7,10-11H,3,8-9H2,1-2H3,(H,16,17,18). The number of nitrogens with zero attached hydrogens (tertiary/aromatic N) is 2. The van der Waals surface area contributed by atoms with Crippen LogP contribution in [0, 0.1) is 6.92 Å². The minimum absolute atomic E-state index is 0.891. The SMILES string of the molecule is CCc1ccc(CCNc2cc(C)ncn2)cc1. The molecule has 0 saturated heterocycles. The van der Waals surface area contributed by atoms with Gasteiger partial charge in [0.2, 0.25) is 0 Å². The number of anilines is 1. The summed E-state index contributed by atoms with van der Waals surface area (Å²) in [5, 5.41) is 3.31. The van der Waals surface area contributed by atoms with Gasteiger partial charge in [-0.2, -0.15) is 0 Å². The average Bonchev–Trinajstić information content (AvgIpc) is 2.40. The van der Waals surface area contributed by atoms with Gasteiger partial charge in [0.25, 0.3) is 0 Å². The molecule has 0 aliphatic carbocycles. The Morgan fingerprint density at radius 3 is 2.44 bits per heavy atom. The van der Waals surface area contributed by atoms with Gasteiger partial charge in [-0.3, -0.25) is 0 Å². The van der Waals surface area contributed by atoms with Crippen LogP contribution in [0.3, 0.4) is 0 Å². The van der Waals surface area contributed by atoms with Gasteiger partial charge in [0.15, 0.2) is 0 Å². The number of benzene rings is 1. The van der Waals surface area contributed by atoms with Crippen molar-refractivity contribution >= 4 is 5.82 Å². The van der Waals surface area contributed by atoms with E-state index in [-0.39, 0.29) is 0 Å². The van der Waals surface area contributed by atoms with Gasteiger partial charge < -0.3 is 5.32 Å². The number of rotatable bonds is 5. The van der Waals surface area contributed by atoms with E-state index in [1.807, 2.05) is 13.0 Å². The third-order valence-corrected chi connectivity index (χ3v) is 2.95. The molecule has 0 atom stereocenters. The Bertz CT molecular complexity index is 491. The first-order valence-corrected chi connectivity index (χ1v) is 6.38. The molecule has 3 nitrogen and oxygen atoms in total. The Hall–Kier alpha value is -1.90. The van der Waals surface area contributed by atoms with Crippen LogP contribution < -0.4 is 5.32 Å². The van der Waals surface area contributed by atoms with Crippen LogP contribution in [0.25, 0.3) is 0 Å². The predicted molar refractivity (Wildman–Crippen MR) is 74.8 cm³/mol. The highest BCUT2D eigenvalue weighted by molar-refractivity contribution is 5.34. The lowest BCUT2D eigenvalue weighted by molar-refractivity contribution is 0.989. The molecule has 1 aromatic heterocycles. The molecule has 0 aliphatic heterocycles. The Morgan fingerprint density at radius 1 is 1.06 bits per heavy atom. The first-order chi connectivity index (χ1) is 8.78. The smallest absolute Gasteiger partial charge is 0.129 e. The third-order valence-electron chi connectivity index (χ3n) is 2.95. The van der Waals surface area contributed by atoms with E-state index in [2.05, 4.69) is 46.5 Å².